The van der Waals surface area contributed by atoms with Crippen LogP contribution in [-0.2, 0) is 0 Å². The Balaban J connectivity index is 2.09. The fraction of sp³-hybridized carbons (Fsp3) is 0.0667. The van der Waals surface area contributed by atoms with Crippen molar-refractivity contribution in [2.75, 3.05) is 7.11 Å². The normalized spacial score (nSPS) is 10.5. The molecular weight excluding hydrogens is 274 g/mol. The Morgan fingerprint density at radius 3 is 2.35 bits per heavy atom. The van der Waals surface area contributed by atoms with E-state index in [-0.39, 0.29) is 5.28 Å². The van der Waals surface area contributed by atoms with E-state index in [0.717, 1.165) is 17.0 Å². The Morgan fingerprint density at radius 1 is 1.00 bits per heavy atom. The highest BCUT2D eigenvalue weighted by Crippen LogP contribution is 2.23. The van der Waals surface area contributed by atoms with Gasteiger partial charge in [0.05, 0.1) is 12.8 Å². The summed E-state index contributed by atoms with van der Waals surface area (Å²) in [7, 11) is 1.64. The number of hydrogen-bond acceptors (Lipinski definition) is 3. The lowest BCUT2D eigenvalue weighted by Crippen LogP contribution is -1.99. The van der Waals surface area contributed by atoms with E-state index in [1.54, 1.807) is 11.8 Å². The van der Waals surface area contributed by atoms with Gasteiger partial charge >= 0.3 is 0 Å². The van der Waals surface area contributed by atoms with E-state index in [4.69, 9.17) is 16.3 Å². The van der Waals surface area contributed by atoms with Crippen molar-refractivity contribution in [3.8, 4) is 22.8 Å². The van der Waals surface area contributed by atoms with Crippen LogP contribution in [0.5, 0.6) is 5.75 Å². The first-order chi connectivity index (χ1) is 9.78. The standard InChI is InChI=1S/C15H12ClN3O/c1-20-13-9-7-12(8-10-13)19-14(17-15(16)18-19)11-5-3-2-4-6-11/h2-10H,1H3. The van der Waals surface area contributed by atoms with Crippen LogP contribution in [-0.4, -0.2) is 21.9 Å². The highest BCUT2D eigenvalue weighted by molar-refractivity contribution is 6.28. The molecule has 3 aromatic rings. The molecule has 0 spiro atoms. The molecule has 0 fully saturated rings. The van der Waals surface area contributed by atoms with E-state index in [9.17, 15) is 0 Å². The zero-order valence-electron chi connectivity index (χ0n) is 10.8. The molecule has 0 N–H and O–H groups in total. The third-order valence-corrected chi connectivity index (χ3v) is 3.09. The minimum absolute atomic E-state index is 0.222. The van der Waals surface area contributed by atoms with Crippen LogP contribution in [0.15, 0.2) is 54.6 Å². The van der Waals surface area contributed by atoms with Gasteiger partial charge in [0, 0.05) is 5.56 Å². The monoisotopic (exact) mass is 285 g/mol. The van der Waals surface area contributed by atoms with E-state index in [1.807, 2.05) is 54.6 Å². The van der Waals surface area contributed by atoms with Gasteiger partial charge in [0.2, 0.25) is 5.28 Å². The van der Waals surface area contributed by atoms with E-state index >= 15 is 0 Å². The lowest BCUT2D eigenvalue weighted by atomic mass is 10.2. The molecule has 20 heavy (non-hydrogen) atoms. The van der Waals surface area contributed by atoms with Crippen LogP contribution in [0.25, 0.3) is 17.1 Å². The summed E-state index contributed by atoms with van der Waals surface area (Å²) in [6, 6.07) is 17.4. The maximum Gasteiger partial charge on any atom is 0.243 e. The van der Waals surface area contributed by atoms with Crippen molar-refractivity contribution < 1.29 is 4.74 Å². The van der Waals surface area contributed by atoms with Gasteiger partial charge in [-0.15, -0.1) is 5.10 Å². The number of nitrogens with zero attached hydrogens (tertiary/aromatic N) is 3. The van der Waals surface area contributed by atoms with Gasteiger partial charge < -0.3 is 4.74 Å². The number of halogens is 1. The first-order valence-corrected chi connectivity index (χ1v) is 6.48. The molecule has 0 radical (unpaired) electrons. The molecule has 100 valence electrons. The molecule has 0 saturated heterocycles. The van der Waals surface area contributed by atoms with Crippen molar-refractivity contribution in [3.63, 3.8) is 0 Å². The molecule has 2 aromatic carbocycles. The molecule has 0 aliphatic rings. The van der Waals surface area contributed by atoms with Crippen molar-refractivity contribution in [1.82, 2.24) is 14.8 Å². The summed E-state index contributed by atoms with van der Waals surface area (Å²) in [6.45, 7) is 0. The van der Waals surface area contributed by atoms with E-state index in [0.29, 0.717) is 5.82 Å². The molecular formula is C15H12ClN3O. The van der Waals surface area contributed by atoms with Gasteiger partial charge in [-0.1, -0.05) is 30.3 Å². The third kappa shape index (κ3) is 2.38. The Bertz CT molecular complexity index is 708. The summed E-state index contributed by atoms with van der Waals surface area (Å²) >= 11 is 5.96. The van der Waals surface area contributed by atoms with Crippen LogP contribution < -0.4 is 4.74 Å². The van der Waals surface area contributed by atoms with Crippen LogP contribution in [0.1, 0.15) is 0 Å². The van der Waals surface area contributed by atoms with Gasteiger partial charge in [0.25, 0.3) is 0 Å². The first kappa shape index (κ1) is 12.7. The SMILES string of the molecule is COc1ccc(-n2nc(Cl)nc2-c2ccccc2)cc1. The van der Waals surface area contributed by atoms with Gasteiger partial charge in [0.1, 0.15) is 5.75 Å². The fourth-order valence-corrected chi connectivity index (χ4v) is 2.12. The largest absolute Gasteiger partial charge is 0.497 e. The van der Waals surface area contributed by atoms with Gasteiger partial charge in [-0.2, -0.15) is 4.98 Å². The minimum Gasteiger partial charge on any atom is -0.497 e. The lowest BCUT2D eigenvalue weighted by molar-refractivity contribution is 0.414. The van der Waals surface area contributed by atoms with Crippen LogP contribution in [0, 0.1) is 0 Å². The summed E-state index contributed by atoms with van der Waals surface area (Å²) in [4.78, 5) is 4.29. The van der Waals surface area contributed by atoms with Crippen molar-refractivity contribution in [1.29, 1.82) is 0 Å². The smallest absolute Gasteiger partial charge is 0.243 e. The maximum absolute atomic E-state index is 5.96. The number of aromatic nitrogens is 3. The number of ether oxygens (including phenoxy) is 1. The van der Waals surface area contributed by atoms with Crippen LogP contribution in [0.2, 0.25) is 5.28 Å². The molecule has 0 amide bonds. The number of rotatable bonds is 3. The topological polar surface area (TPSA) is 39.9 Å². The second-order valence-corrected chi connectivity index (χ2v) is 4.52. The van der Waals surface area contributed by atoms with Crippen molar-refractivity contribution >= 4 is 11.6 Å². The molecule has 0 aliphatic heterocycles. The van der Waals surface area contributed by atoms with E-state index in [1.165, 1.54) is 0 Å². The number of methoxy groups -OCH3 is 1. The first-order valence-electron chi connectivity index (χ1n) is 6.10. The molecule has 0 bridgehead atoms. The number of hydrogen-bond donors (Lipinski definition) is 0. The van der Waals surface area contributed by atoms with E-state index in [2.05, 4.69) is 10.1 Å². The van der Waals surface area contributed by atoms with Gasteiger partial charge in [-0.05, 0) is 35.9 Å². The maximum atomic E-state index is 5.96. The summed E-state index contributed by atoms with van der Waals surface area (Å²) in [5.41, 5.74) is 1.84. The van der Waals surface area contributed by atoms with Gasteiger partial charge in [-0.3, -0.25) is 0 Å². The average Bonchev–Trinajstić information content (AvgIpc) is 2.90. The molecule has 1 heterocycles. The Labute approximate surface area is 121 Å². The minimum atomic E-state index is 0.222. The zero-order chi connectivity index (χ0) is 13.9. The van der Waals surface area contributed by atoms with Gasteiger partial charge in [0.15, 0.2) is 5.82 Å². The molecule has 0 unspecified atom stereocenters. The molecule has 4 nitrogen and oxygen atoms in total. The van der Waals surface area contributed by atoms with Crippen molar-refractivity contribution in [2.45, 2.75) is 0 Å². The van der Waals surface area contributed by atoms with Crippen LogP contribution >= 0.6 is 11.6 Å². The summed E-state index contributed by atoms with van der Waals surface area (Å²) in [6.07, 6.45) is 0. The molecule has 0 atom stereocenters. The quantitative estimate of drug-likeness (QED) is 0.738. The summed E-state index contributed by atoms with van der Waals surface area (Å²) in [5, 5.41) is 4.46. The molecule has 1 aromatic heterocycles. The highest BCUT2D eigenvalue weighted by atomic mass is 35.5. The van der Waals surface area contributed by atoms with Crippen molar-refractivity contribution in [3.05, 3.63) is 59.9 Å². The lowest BCUT2D eigenvalue weighted by Gasteiger charge is -2.06. The van der Waals surface area contributed by atoms with Gasteiger partial charge in [-0.25, -0.2) is 4.68 Å². The van der Waals surface area contributed by atoms with Crippen LogP contribution in [0.4, 0.5) is 0 Å². The molecule has 0 aliphatic carbocycles. The summed E-state index contributed by atoms with van der Waals surface area (Å²) < 4.78 is 6.87. The zero-order valence-corrected chi connectivity index (χ0v) is 11.6. The van der Waals surface area contributed by atoms with Crippen molar-refractivity contribution in [2.24, 2.45) is 0 Å². The summed E-state index contributed by atoms with van der Waals surface area (Å²) in [5.74, 6) is 1.50. The molecule has 3 rings (SSSR count). The van der Waals surface area contributed by atoms with Crippen LogP contribution in [0.3, 0.4) is 0 Å². The predicted octanol–water partition coefficient (Wildman–Crippen LogP) is 3.60. The highest BCUT2D eigenvalue weighted by Gasteiger charge is 2.12. The number of benzene rings is 2. The third-order valence-electron chi connectivity index (χ3n) is 2.93. The Morgan fingerprint density at radius 2 is 1.70 bits per heavy atom. The molecule has 5 heteroatoms. The molecule has 0 saturated carbocycles. The predicted molar refractivity (Wildman–Crippen MR) is 78.4 cm³/mol. The fourth-order valence-electron chi connectivity index (χ4n) is 1.96. The average molecular weight is 286 g/mol. The Hall–Kier alpha value is -2.33. The van der Waals surface area contributed by atoms with E-state index < -0.39 is 0 Å². The Kier molecular flexibility index (Phi) is 3.39. The second kappa shape index (κ2) is 5.35. The second-order valence-electron chi connectivity index (χ2n) is 4.18.